The second-order valence-corrected chi connectivity index (χ2v) is 7.52. The van der Waals surface area contributed by atoms with E-state index in [1.807, 2.05) is 32.0 Å². The molecule has 1 atom stereocenters. The number of aryl methyl sites for hydroxylation is 1. The van der Waals surface area contributed by atoms with Gasteiger partial charge in [-0.05, 0) is 44.4 Å². The summed E-state index contributed by atoms with van der Waals surface area (Å²) in [7, 11) is 0. The van der Waals surface area contributed by atoms with Crippen LogP contribution in [-0.4, -0.2) is 35.8 Å². The molecule has 1 saturated heterocycles. The molecule has 1 aromatic carbocycles. The second kappa shape index (κ2) is 7.60. The molecule has 2 amide bonds. The van der Waals surface area contributed by atoms with Gasteiger partial charge in [0.05, 0.1) is 0 Å². The van der Waals surface area contributed by atoms with Crippen LogP contribution >= 0.6 is 15.9 Å². The van der Waals surface area contributed by atoms with E-state index in [1.165, 1.54) is 0 Å². The molecule has 1 fully saturated rings. The van der Waals surface area contributed by atoms with E-state index in [1.54, 1.807) is 4.90 Å². The minimum absolute atomic E-state index is 0.0237. The van der Waals surface area contributed by atoms with E-state index in [-0.39, 0.29) is 17.9 Å². The summed E-state index contributed by atoms with van der Waals surface area (Å²) in [5.74, 6) is 0.361. The first-order chi connectivity index (χ1) is 12.0. The molecule has 1 aromatic heterocycles. The Labute approximate surface area is 155 Å². The van der Waals surface area contributed by atoms with Crippen molar-refractivity contribution in [2.24, 2.45) is 0 Å². The van der Waals surface area contributed by atoms with Crippen LogP contribution in [0.25, 0.3) is 11.0 Å². The van der Waals surface area contributed by atoms with E-state index >= 15 is 0 Å². The van der Waals surface area contributed by atoms with Crippen LogP contribution in [-0.2, 0) is 4.79 Å². The zero-order valence-corrected chi connectivity index (χ0v) is 16.2. The van der Waals surface area contributed by atoms with E-state index in [2.05, 4.69) is 21.2 Å². The van der Waals surface area contributed by atoms with Crippen molar-refractivity contribution < 1.29 is 14.0 Å². The standard InChI is InChI=1S/C19H23BrN2O3/c1-3-5-17(23)21-14-6-4-9-22(11-14)19(24)18-12(2)15-10-13(20)7-8-16(15)25-18/h7-8,10,14H,3-6,9,11H2,1-2H3,(H,21,23). The van der Waals surface area contributed by atoms with E-state index in [9.17, 15) is 9.59 Å². The Balaban J connectivity index is 1.76. The lowest BCUT2D eigenvalue weighted by Crippen LogP contribution is -2.49. The number of carbonyl (C=O) groups is 2. The number of nitrogens with one attached hydrogen (secondary N) is 1. The number of carbonyl (C=O) groups excluding carboxylic acids is 2. The Bertz CT molecular complexity index is 799. The average Bonchev–Trinajstić information content (AvgIpc) is 2.91. The van der Waals surface area contributed by atoms with E-state index in [0.717, 1.165) is 34.7 Å². The van der Waals surface area contributed by atoms with Crippen LogP contribution in [0.5, 0.6) is 0 Å². The van der Waals surface area contributed by atoms with Crippen LogP contribution in [0, 0.1) is 6.92 Å². The number of likely N-dealkylation sites (tertiary alicyclic amines) is 1. The van der Waals surface area contributed by atoms with E-state index < -0.39 is 0 Å². The van der Waals surface area contributed by atoms with Gasteiger partial charge in [-0.1, -0.05) is 22.9 Å². The van der Waals surface area contributed by atoms with Gasteiger partial charge in [-0.3, -0.25) is 9.59 Å². The molecule has 1 aliphatic rings. The maximum absolute atomic E-state index is 12.9. The van der Waals surface area contributed by atoms with Crippen molar-refractivity contribution in [2.75, 3.05) is 13.1 Å². The van der Waals surface area contributed by atoms with Gasteiger partial charge in [0.15, 0.2) is 5.76 Å². The number of hydrogen-bond donors (Lipinski definition) is 1. The summed E-state index contributed by atoms with van der Waals surface area (Å²) in [6.07, 6.45) is 3.15. The Morgan fingerprint density at radius 2 is 2.20 bits per heavy atom. The Morgan fingerprint density at radius 3 is 2.96 bits per heavy atom. The predicted molar refractivity (Wildman–Crippen MR) is 101 cm³/mol. The summed E-state index contributed by atoms with van der Waals surface area (Å²) in [6.45, 7) is 5.13. The van der Waals surface area contributed by atoms with Crippen molar-refractivity contribution in [3.8, 4) is 0 Å². The molecular weight excluding hydrogens is 384 g/mol. The van der Waals surface area contributed by atoms with Crippen molar-refractivity contribution in [3.05, 3.63) is 34.0 Å². The molecule has 3 rings (SSSR count). The highest BCUT2D eigenvalue weighted by Crippen LogP contribution is 2.29. The fraction of sp³-hybridized carbons (Fsp3) is 0.474. The molecular formula is C19H23BrN2O3. The molecule has 6 heteroatoms. The first-order valence-electron chi connectivity index (χ1n) is 8.77. The van der Waals surface area contributed by atoms with Crippen molar-refractivity contribution in [3.63, 3.8) is 0 Å². The molecule has 2 heterocycles. The Morgan fingerprint density at radius 1 is 1.40 bits per heavy atom. The molecule has 0 bridgehead atoms. The fourth-order valence-corrected chi connectivity index (χ4v) is 3.71. The van der Waals surface area contributed by atoms with Gasteiger partial charge >= 0.3 is 0 Å². The summed E-state index contributed by atoms with van der Waals surface area (Å²) >= 11 is 3.46. The smallest absolute Gasteiger partial charge is 0.289 e. The van der Waals surface area contributed by atoms with Crippen LogP contribution in [0.3, 0.4) is 0 Å². The van der Waals surface area contributed by atoms with Gasteiger partial charge in [0.2, 0.25) is 5.91 Å². The summed E-state index contributed by atoms with van der Waals surface area (Å²) < 4.78 is 6.78. The second-order valence-electron chi connectivity index (χ2n) is 6.60. The quantitative estimate of drug-likeness (QED) is 0.833. The number of fused-ring (bicyclic) bond motifs is 1. The van der Waals surface area contributed by atoms with Crippen molar-refractivity contribution in [1.29, 1.82) is 0 Å². The van der Waals surface area contributed by atoms with Crippen molar-refractivity contribution >= 4 is 38.7 Å². The average molecular weight is 407 g/mol. The van der Waals surface area contributed by atoms with Crippen molar-refractivity contribution in [2.45, 2.75) is 45.6 Å². The molecule has 0 aliphatic carbocycles. The molecule has 0 saturated carbocycles. The number of amides is 2. The monoisotopic (exact) mass is 406 g/mol. The molecule has 5 nitrogen and oxygen atoms in total. The fourth-order valence-electron chi connectivity index (χ4n) is 3.35. The number of furan rings is 1. The number of nitrogens with zero attached hydrogens (tertiary/aromatic N) is 1. The van der Waals surface area contributed by atoms with Gasteiger partial charge in [-0.15, -0.1) is 0 Å². The van der Waals surface area contributed by atoms with E-state index in [0.29, 0.717) is 30.9 Å². The highest BCUT2D eigenvalue weighted by Gasteiger charge is 2.28. The number of rotatable bonds is 4. The lowest BCUT2D eigenvalue weighted by atomic mass is 10.0. The third kappa shape index (κ3) is 3.89. The normalized spacial score (nSPS) is 17.7. The van der Waals surface area contributed by atoms with Gasteiger partial charge in [0.25, 0.3) is 5.91 Å². The highest BCUT2D eigenvalue weighted by molar-refractivity contribution is 9.10. The minimum atomic E-state index is -0.0979. The van der Waals surface area contributed by atoms with Crippen LogP contribution in [0.2, 0.25) is 0 Å². The zero-order chi connectivity index (χ0) is 18.0. The Hall–Kier alpha value is -1.82. The minimum Gasteiger partial charge on any atom is -0.451 e. The lowest BCUT2D eigenvalue weighted by Gasteiger charge is -2.32. The van der Waals surface area contributed by atoms with Crippen LogP contribution in [0.4, 0.5) is 0 Å². The molecule has 1 aliphatic heterocycles. The molecule has 134 valence electrons. The SMILES string of the molecule is CCCC(=O)NC1CCCN(C(=O)c2oc3ccc(Br)cc3c2C)C1. The maximum Gasteiger partial charge on any atom is 0.289 e. The molecule has 1 N–H and O–H groups in total. The van der Waals surface area contributed by atoms with Gasteiger partial charge in [-0.2, -0.15) is 0 Å². The zero-order valence-electron chi connectivity index (χ0n) is 14.6. The Kier molecular flexibility index (Phi) is 5.47. The van der Waals surface area contributed by atoms with Gasteiger partial charge in [-0.25, -0.2) is 0 Å². The third-order valence-electron chi connectivity index (χ3n) is 4.64. The maximum atomic E-state index is 12.9. The molecule has 0 radical (unpaired) electrons. The first kappa shape index (κ1) is 18.0. The predicted octanol–water partition coefficient (Wildman–Crippen LogP) is 4.02. The topological polar surface area (TPSA) is 62.6 Å². The summed E-state index contributed by atoms with van der Waals surface area (Å²) in [5.41, 5.74) is 1.58. The van der Waals surface area contributed by atoms with Gasteiger partial charge in [0.1, 0.15) is 5.58 Å². The van der Waals surface area contributed by atoms with Crippen LogP contribution < -0.4 is 5.32 Å². The van der Waals surface area contributed by atoms with Gasteiger partial charge in [0, 0.05) is 41.0 Å². The number of benzene rings is 1. The molecule has 25 heavy (non-hydrogen) atoms. The number of piperidine rings is 1. The molecule has 2 aromatic rings. The van der Waals surface area contributed by atoms with Crippen LogP contribution in [0.1, 0.15) is 48.7 Å². The van der Waals surface area contributed by atoms with E-state index in [4.69, 9.17) is 4.42 Å². The summed E-state index contributed by atoms with van der Waals surface area (Å²) in [6, 6.07) is 5.76. The molecule has 0 spiro atoms. The first-order valence-corrected chi connectivity index (χ1v) is 9.56. The van der Waals surface area contributed by atoms with Crippen molar-refractivity contribution in [1.82, 2.24) is 10.2 Å². The number of hydrogen-bond acceptors (Lipinski definition) is 3. The molecule has 1 unspecified atom stereocenters. The summed E-state index contributed by atoms with van der Waals surface area (Å²) in [5, 5.41) is 3.98. The largest absolute Gasteiger partial charge is 0.451 e. The number of halogens is 1. The van der Waals surface area contributed by atoms with Crippen LogP contribution in [0.15, 0.2) is 27.1 Å². The summed E-state index contributed by atoms with van der Waals surface area (Å²) in [4.78, 5) is 26.6. The van der Waals surface area contributed by atoms with Gasteiger partial charge < -0.3 is 14.6 Å². The highest BCUT2D eigenvalue weighted by atomic mass is 79.9. The third-order valence-corrected chi connectivity index (χ3v) is 5.14. The lowest BCUT2D eigenvalue weighted by molar-refractivity contribution is -0.122.